The SMILES string of the molecule is CCCCNC(=O)C(C)N(CCc1ccccc1)C(=O)CN(c1cc(Cl)ccc1OC)S(=O)(=O)c1ccc(C)c([N+](=O)[O-])c1. The summed E-state index contributed by atoms with van der Waals surface area (Å²) in [6, 6.07) is 16.3. The molecule has 3 aromatic carbocycles. The van der Waals surface area contributed by atoms with E-state index in [1.807, 2.05) is 37.3 Å². The second kappa shape index (κ2) is 15.5. The van der Waals surface area contributed by atoms with Gasteiger partial charge in [0.2, 0.25) is 11.8 Å². The fourth-order valence-corrected chi connectivity index (χ4v) is 6.15. The Balaban J connectivity index is 2.09. The van der Waals surface area contributed by atoms with Crippen molar-refractivity contribution < 1.29 is 27.7 Å². The van der Waals surface area contributed by atoms with Crippen molar-refractivity contribution in [3.63, 3.8) is 0 Å². The summed E-state index contributed by atoms with van der Waals surface area (Å²) < 4.78 is 34.6. The van der Waals surface area contributed by atoms with E-state index in [1.54, 1.807) is 6.92 Å². The quantitative estimate of drug-likeness (QED) is 0.137. The summed E-state index contributed by atoms with van der Waals surface area (Å²) >= 11 is 6.26. The number of unbranched alkanes of at least 4 members (excludes halogenated alkanes) is 1. The van der Waals surface area contributed by atoms with E-state index in [9.17, 15) is 28.1 Å². The predicted octanol–water partition coefficient (Wildman–Crippen LogP) is 5.14. The third-order valence-corrected chi connectivity index (χ3v) is 9.13. The number of nitrogens with one attached hydrogen (secondary N) is 1. The van der Waals surface area contributed by atoms with Crippen molar-refractivity contribution in [2.24, 2.45) is 0 Å². The van der Waals surface area contributed by atoms with Gasteiger partial charge in [-0.3, -0.25) is 24.0 Å². The Morgan fingerprint density at radius 2 is 1.80 bits per heavy atom. The van der Waals surface area contributed by atoms with E-state index in [-0.39, 0.29) is 34.5 Å². The molecule has 0 heterocycles. The second-order valence-corrected chi connectivity index (χ2v) is 12.5. The van der Waals surface area contributed by atoms with Gasteiger partial charge in [-0.25, -0.2) is 8.42 Å². The van der Waals surface area contributed by atoms with E-state index >= 15 is 0 Å². The monoisotopic (exact) mass is 644 g/mol. The number of nitrogens with zero attached hydrogens (tertiary/aromatic N) is 3. The highest BCUT2D eigenvalue weighted by Gasteiger charge is 2.34. The molecule has 3 aromatic rings. The third-order valence-electron chi connectivity index (χ3n) is 7.13. The number of carbonyl (C=O) groups excluding carboxylic acids is 2. The smallest absolute Gasteiger partial charge is 0.273 e. The third kappa shape index (κ3) is 8.48. The lowest BCUT2D eigenvalue weighted by atomic mass is 10.1. The van der Waals surface area contributed by atoms with E-state index in [0.717, 1.165) is 28.8 Å². The number of ether oxygens (including phenoxy) is 1. The summed E-state index contributed by atoms with van der Waals surface area (Å²) in [5.74, 6) is -0.927. The lowest BCUT2D eigenvalue weighted by molar-refractivity contribution is -0.385. The number of benzene rings is 3. The van der Waals surface area contributed by atoms with Gasteiger partial charge in [0.15, 0.2) is 0 Å². The highest BCUT2D eigenvalue weighted by Crippen LogP contribution is 2.36. The predicted molar refractivity (Wildman–Crippen MR) is 170 cm³/mol. The van der Waals surface area contributed by atoms with Gasteiger partial charge in [0.25, 0.3) is 15.7 Å². The van der Waals surface area contributed by atoms with Gasteiger partial charge in [-0.1, -0.05) is 61.3 Å². The standard InChI is InChI=1S/C31H37ClN4O7S/c1-5-6-17-33-31(38)23(3)34(18-16-24-10-8-7-9-11-24)30(37)21-35(28-19-25(32)13-15-29(28)43-4)44(41,42)26-14-12-22(2)27(20-26)36(39)40/h7-15,19-20,23H,5-6,16-18,21H2,1-4H3,(H,33,38). The average Bonchev–Trinajstić information content (AvgIpc) is 3.00. The largest absolute Gasteiger partial charge is 0.495 e. The maximum absolute atomic E-state index is 14.2. The first-order chi connectivity index (χ1) is 20.9. The minimum Gasteiger partial charge on any atom is -0.495 e. The number of amides is 2. The highest BCUT2D eigenvalue weighted by molar-refractivity contribution is 7.92. The molecule has 0 aromatic heterocycles. The van der Waals surface area contributed by atoms with Gasteiger partial charge in [-0.05, 0) is 56.5 Å². The van der Waals surface area contributed by atoms with Crippen molar-refractivity contribution in [3.8, 4) is 5.75 Å². The number of nitro groups is 1. The molecule has 44 heavy (non-hydrogen) atoms. The van der Waals surface area contributed by atoms with E-state index in [4.69, 9.17) is 16.3 Å². The summed E-state index contributed by atoms with van der Waals surface area (Å²) in [6.07, 6.45) is 2.05. The molecule has 0 fully saturated rings. The molecule has 0 bridgehead atoms. The number of anilines is 1. The van der Waals surface area contributed by atoms with Gasteiger partial charge in [0.05, 0.1) is 22.6 Å². The van der Waals surface area contributed by atoms with E-state index in [2.05, 4.69) is 5.32 Å². The van der Waals surface area contributed by atoms with Crippen LogP contribution in [0.15, 0.2) is 71.6 Å². The zero-order chi connectivity index (χ0) is 32.4. The van der Waals surface area contributed by atoms with Crippen molar-refractivity contribution in [1.82, 2.24) is 10.2 Å². The van der Waals surface area contributed by atoms with Crippen LogP contribution in [0.25, 0.3) is 0 Å². The maximum Gasteiger partial charge on any atom is 0.273 e. The van der Waals surface area contributed by atoms with Gasteiger partial charge >= 0.3 is 0 Å². The number of carbonyl (C=O) groups is 2. The number of halogens is 1. The van der Waals surface area contributed by atoms with Crippen LogP contribution in [-0.2, 0) is 26.0 Å². The highest BCUT2D eigenvalue weighted by atomic mass is 35.5. The van der Waals surface area contributed by atoms with Crippen LogP contribution in [0, 0.1) is 17.0 Å². The molecule has 0 radical (unpaired) electrons. The molecule has 11 nitrogen and oxygen atoms in total. The van der Waals surface area contributed by atoms with E-state index < -0.39 is 44.0 Å². The molecule has 0 aliphatic rings. The lowest BCUT2D eigenvalue weighted by Gasteiger charge is -2.32. The van der Waals surface area contributed by atoms with Gasteiger partial charge in [-0.2, -0.15) is 0 Å². The van der Waals surface area contributed by atoms with Crippen LogP contribution in [0.3, 0.4) is 0 Å². The Hall–Kier alpha value is -4.16. The molecule has 0 spiro atoms. The Labute approximate surface area is 263 Å². The zero-order valence-corrected chi connectivity index (χ0v) is 26.7. The Morgan fingerprint density at radius 3 is 2.43 bits per heavy atom. The number of nitro benzene ring substituents is 1. The minimum absolute atomic E-state index is 0.0420. The second-order valence-electron chi connectivity index (χ2n) is 10.2. The van der Waals surface area contributed by atoms with Crippen LogP contribution in [0.5, 0.6) is 5.75 Å². The van der Waals surface area contributed by atoms with E-state index in [1.165, 1.54) is 49.3 Å². The van der Waals surface area contributed by atoms with Gasteiger partial charge in [-0.15, -0.1) is 0 Å². The van der Waals surface area contributed by atoms with Crippen LogP contribution in [-0.4, -0.2) is 62.8 Å². The fourth-order valence-electron chi connectivity index (χ4n) is 4.55. The summed E-state index contributed by atoms with van der Waals surface area (Å²) in [6.45, 7) is 4.91. The van der Waals surface area contributed by atoms with Crippen LogP contribution in [0.2, 0.25) is 5.02 Å². The Bertz CT molecular complexity index is 1590. The Morgan fingerprint density at radius 1 is 1.09 bits per heavy atom. The molecule has 1 unspecified atom stereocenters. The molecule has 0 aliphatic heterocycles. The molecule has 236 valence electrons. The van der Waals surface area contributed by atoms with E-state index in [0.29, 0.717) is 13.0 Å². The molecule has 2 amide bonds. The lowest BCUT2D eigenvalue weighted by Crippen LogP contribution is -2.52. The van der Waals surface area contributed by atoms with Crippen molar-refractivity contribution in [2.75, 3.05) is 31.0 Å². The van der Waals surface area contributed by atoms with Gasteiger partial charge in [0, 0.05) is 29.7 Å². The van der Waals surface area contributed by atoms with Crippen molar-refractivity contribution >= 4 is 44.8 Å². The normalized spacial score (nSPS) is 11.8. The molecule has 1 atom stereocenters. The molecule has 0 saturated heterocycles. The van der Waals surface area contributed by atoms with Gasteiger partial charge < -0.3 is 15.0 Å². The number of sulfonamides is 1. The Kier molecular flexibility index (Phi) is 12.1. The summed E-state index contributed by atoms with van der Waals surface area (Å²) in [4.78, 5) is 39.1. The number of hydrogen-bond donors (Lipinski definition) is 1. The van der Waals surface area contributed by atoms with Crippen LogP contribution in [0.4, 0.5) is 11.4 Å². The average molecular weight is 645 g/mol. The summed E-state index contributed by atoms with van der Waals surface area (Å²) in [5, 5.41) is 14.6. The first-order valence-electron chi connectivity index (χ1n) is 14.1. The van der Waals surface area contributed by atoms with Crippen LogP contribution >= 0.6 is 11.6 Å². The molecule has 3 rings (SSSR count). The maximum atomic E-state index is 14.2. The molecular formula is C31H37ClN4O7S. The molecular weight excluding hydrogens is 608 g/mol. The number of hydrogen-bond acceptors (Lipinski definition) is 7. The van der Waals surface area contributed by atoms with Crippen molar-refractivity contribution in [2.45, 2.75) is 51.0 Å². The van der Waals surface area contributed by atoms with Crippen LogP contribution < -0.4 is 14.4 Å². The summed E-state index contributed by atoms with van der Waals surface area (Å²) in [5.41, 5.74) is 0.765. The molecule has 13 heteroatoms. The number of rotatable bonds is 15. The topological polar surface area (TPSA) is 139 Å². The van der Waals surface area contributed by atoms with Crippen molar-refractivity contribution in [1.29, 1.82) is 0 Å². The van der Waals surface area contributed by atoms with Crippen molar-refractivity contribution in [3.05, 3.63) is 93.0 Å². The minimum atomic E-state index is -4.59. The molecule has 0 saturated carbocycles. The summed E-state index contributed by atoms with van der Waals surface area (Å²) in [7, 11) is -3.26. The number of methoxy groups -OCH3 is 1. The van der Waals surface area contributed by atoms with Gasteiger partial charge in [0.1, 0.15) is 18.3 Å². The first-order valence-corrected chi connectivity index (χ1v) is 15.9. The number of aryl methyl sites for hydroxylation is 1. The molecule has 1 N–H and O–H groups in total. The first kappa shape index (κ1) is 34.3. The zero-order valence-electron chi connectivity index (χ0n) is 25.2. The molecule has 0 aliphatic carbocycles. The van der Waals surface area contributed by atoms with Crippen LogP contribution in [0.1, 0.15) is 37.8 Å². The fraction of sp³-hybridized carbons (Fsp3) is 0.355.